The summed E-state index contributed by atoms with van der Waals surface area (Å²) in [6, 6.07) is 9.41. The molecule has 0 bridgehead atoms. The van der Waals surface area contributed by atoms with Gasteiger partial charge in [-0.3, -0.25) is 4.79 Å². The lowest BCUT2D eigenvalue weighted by Gasteiger charge is -2.26. The number of rotatable bonds is 6. The summed E-state index contributed by atoms with van der Waals surface area (Å²) in [5.41, 5.74) is -0.748. The van der Waals surface area contributed by atoms with Gasteiger partial charge in [-0.25, -0.2) is 4.79 Å². The van der Waals surface area contributed by atoms with Gasteiger partial charge in [0.1, 0.15) is 5.75 Å². The lowest BCUT2D eigenvalue weighted by atomic mass is 9.85. The van der Waals surface area contributed by atoms with Crippen molar-refractivity contribution in [3.8, 4) is 17.2 Å². The second-order valence-electron chi connectivity index (χ2n) is 8.30. The number of phenols is 2. The van der Waals surface area contributed by atoms with Gasteiger partial charge in [0.25, 0.3) is 0 Å². The fraction of sp³-hybridized carbons (Fsp3) is 0.304. The largest absolute Gasteiger partial charge is 0.507 e. The Hall–Kier alpha value is -3.28. The van der Waals surface area contributed by atoms with Gasteiger partial charge >= 0.3 is 5.97 Å². The quantitative estimate of drug-likeness (QED) is 0.488. The Bertz CT molecular complexity index is 964. The molecular formula is C23H26O6. The third kappa shape index (κ3) is 5.16. The topological polar surface area (TPSA) is 104 Å². The van der Waals surface area contributed by atoms with E-state index in [4.69, 9.17) is 4.74 Å². The second-order valence-corrected chi connectivity index (χ2v) is 8.30. The monoisotopic (exact) mass is 398 g/mol. The van der Waals surface area contributed by atoms with E-state index < -0.39 is 17.0 Å². The number of benzene rings is 2. The van der Waals surface area contributed by atoms with Gasteiger partial charge in [0.15, 0.2) is 22.9 Å². The average Bonchev–Trinajstić information content (AvgIpc) is 2.61. The minimum atomic E-state index is -1.55. The summed E-state index contributed by atoms with van der Waals surface area (Å²) in [6.45, 7) is 8.46. The molecule has 0 saturated carbocycles. The van der Waals surface area contributed by atoms with Crippen LogP contribution in [0.2, 0.25) is 0 Å². The maximum Gasteiger partial charge on any atom is 0.347 e. The van der Waals surface area contributed by atoms with Crippen LogP contribution in [0.25, 0.3) is 6.08 Å². The van der Waals surface area contributed by atoms with Crippen LogP contribution in [0.3, 0.4) is 0 Å². The number of carbonyl (C=O) groups is 2. The Morgan fingerprint density at radius 1 is 1.00 bits per heavy atom. The number of para-hydroxylation sites is 1. The molecule has 0 aliphatic rings. The van der Waals surface area contributed by atoms with Crippen LogP contribution in [0.1, 0.15) is 56.1 Å². The predicted molar refractivity (Wildman–Crippen MR) is 111 cm³/mol. The summed E-state index contributed by atoms with van der Waals surface area (Å²) in [5.74, 6) is -1.81. The summed E-state index contributed by atoms with van der Waals surface area (Å²) >= 11 is 0. The van der Waals surface area contributed by atoms with Crippen LogP contribution >= 0.6 is 0 Å². The first kappa shape index (κ1) is 22.0. The summed E-state index contributed by atoms with van der Waals surface area (Å²) < 4.78 is 5.57. The van der Waals surface area contributed by atoms with Crippen LogP contribution in [0.15, 0.2) is 42.5 Å². The first-order valence-electron chi connectivity index (χ1n) is 9.13. The minimum absolute atomic E-state index is 0.0134. The number of aromatic hydroxyl groups is 2. The van der Waals surface area contributed by atoms with Gasteiger partial charge in [0, 0.05) is 5.56 Å². The molecule has 0 heterocycles. The number of hydrogen-bond donors (Lipinski definition) is 3. The molecule has 0 aliphatic carbocycles. The van der Waals surface area contributed by atoms with Crippen LogP contribution in [0.4, 0.5) is 0 Å². The molecule has 0 atom stereocenters. The Balaban J connectivity index is 2.49. The molecular weight excluding hydrogens is 372 g/mol. The highest BCUT2D eigenvalue weighted by molar-refractivity contribution is 6.08. The molecule has 2 aromatic rings. The summed E-state index contributed by atoms with van der Waals surface area (Å²) in [7, 11) is 0. The summed E-state index contributed by atoms with van der Waals surface area (Å²) in [6.07, 6.45) is 2.84. The lowest BCUT2D eigenvalue weighted by molar-refractivity contribution is -0.152. The van der Waals surface area contributed by atoms with Crippen LogP contribution < -0.4 is 4.74 Å². The number of allylic oxidation sites excluding steroid dienone is 1. The van der Waals surface area contributed by atoms with Gasteiger partial charge in [-0.2, -0.15) is 0 Å². The van der Waals surface area contributed by atoms with Gasteiger partial charge in [0.05, 0.1) is 5.56 Å². The molecule has 2 aromatic carbocycles. The highest BCUT2D eigenvalue weighted by atomic mass is 16.5. The molecule has 0 saturated heterocycles. The van der Waals surface area contributed by atoms with Crippen molar-refractivity contribution < 1.29 is 29.6 Å². The maximum absolute atomic E-state index is 12.4. The number of aliphatic carboxylic acids is 1. The summed E-state index contributed by atoms with van der Waals surface area (Å²) in [4.78, 5) is 23.8. The van der Waals surface area contributed by atoms with Gasteiger partial charge in [-0.1, -0.05) is 39.0 Å². The zero-order chi connectivity index (χ0) is 22.0. The van der Waals surface area contributed by atoms with E-state index in [1.165, 1.54) is 44.2 Å². The molecule has 0 spiro atoms. The number of ketones is 1. The molecule has 0 radical (unpaired) electrons. The standard InChI is InChI=1S/C23H26O6/c1-22(2,3)16-12-14(10-11-18(25)15-8-6-7-9-17(15)24)13-19(20(16)26)29-23(4,5)21(27)28/h6-13,24,26H,1-5H3,(H,27,28)/b11-10+. The zero-order valence-corrected chi connectivity index (χ0v) is 17.2. The van der Waals surface area contributed by atoms with Gasteiger partial charge < -0.3 is 20.1 Å². The number of carboxylic acid groups (broad SMARTS) is 1. The molecule has 29 heavy (non-hydrogen) atoms. The normalized spacial score (nSPS) is 12.2. The SMILES string of the molecule is CC(C)(Oc1cc(/C=C/C(=O)c2ccccc2O)cc(C(C)(C)C)c1O)C(=O)O. The van der Waals surface area contributed by atoms with E-state index in [1.54, 1.807) is 18.2 Å². The van der Waals surface area contributed by atoms with Crippen molar-refractivity contribution in [3.05, 3.63) is 59.2 Å². The highest BCUT2D eigenvalue weighted by Crippen LogP contribution is 2.40. The van der Waals surface area contributed by atoms with Gasteiger partial charge in [-0.05, 0) is 55.2 Å². The van der Waals surface area contributed by atoms with Crippen LogP contribution in [0, 0.1) is 0 Å². The first-order chi connectivity index (χ1) is 13.3. The van der Waals surface area contributed by atoms with E-state index >= 15 is 0 Å². The number of ether oxygens (including phenoxy) is 1. The molecule has 0 fully saturated rings. The van der Waals surface area contributed by atoms with Crippen molar-refractivity contribution in [2.24, 2.45) is 0 Å². The summed E-state index contributed by atoms with van der Waals surface area (Å²) in [5, 5.41) is 29.8. The number of hydrogen-bond acceptors (Lipinski definition) is 5. The number of phenolic OH excluding ortho intramolecular Hbond substituents is 2. The van der Waals surface area contributed by atoms with E-state index in [0.29, 0.717) is 11.1 Å². The van der Waals surface area contributed by atoms with Crippen molar-refractivity contribution in [2.45, 2.75) is 45.6 Å². The maximum atomic E-state index is 12.4. The van der Waals surface area contributed by atoms with Crippen LogP contribution in [-0.4, -0.2) is 32.7 Å². The second kappa shape index (κ2) is 7.99. The fourth-order valence-electron chi connectivity index (χ4n) is 2.64. The Morgan fingerprint density at radius 3 is 2.17 bits per heavy atom. The van der Waals surface area contributed by atoms with Crippen molar-refractivity contribution >= 4 is 17.8 Å². The molecule has 0 aliphatic heterocycles. The molecule has 0 aromatic heterocycles. The first-order valence-corrected chi connectivity index (χ1v) is 9.13. The van der Waals surface area contributed by atoms with E-state index in [0.717, 1.165) is 0 Å². The highest BCUT2D eigenvalue weighted by Gasteiger charge is 2.32. The molecule has 0 amide bonds. The van der Waals surface area contributed by atoms with Crippen LogP contribution in [0.5, 0.6) is 17.2 Å². The Morgan fingerprint density at radius 2 is 1.62 bits per heavy atom. The lowest BCUT2D eigenvalue weighted by Crippen LogP contribution is -2.38. The van der Waals surface area contributed by atoms with Crippen LogP contribution in [-0.2, 0) is 10.2 Å². The van der Waals surface area contributed by atoms with Gasteiger partial charge in [0.2, 0.25) is 0 Å². The van der Waals surface area contributed by atoms with E-state index in [2.05, 4.69) is 0 Å². The van der Waals surface area contributed by atoms with E-state index in [9.17, 15) is 24.9 Å². The predicted octanol–water partition coefficient (Wildman–Crippen LogP) is 4.53. The third-order valence-corrected chi connectivity index (χ3v) is 4.38. The van der Waals surface area contributed by atoms with Gasteiger partial charge in [-0.15, -0.1) is 0 Å². The molecule has 6 nitrogen and oxygen atoms in total. The minimum Gasteiger partial charge on any atom is -0.507 e. The zero-order valence-electron chi connectivity index (χ0n) is 17.2. The molecule has 6 heteroatoms. The Labute approximate surface area is 170 Å². The fourth-order valence-corrected chi connectivity index (χ4v) is 2.64. The van der Waals surface area contributed by atoms with Crippen molar-refractivity contribution in [1.82, 2.24) is 0 Å². The van der Waals surface area contributed by atoms with Crippen molar-refractivity contribution in [3.63, 3.8) is 0 Å². The third-order valence-electron chi connectivity index (χ3n) is 4.38. The number of carbonyl (C=O) groups excluding carboxylic acids is 1. The van der Waals surface area contributed by atoms with Crippen molar-refractivity contribution in [1.29, 1.82) is 0 Å². The molecule has 3 N–H and O–H groups in total. The molecule has 154 valence electrons. The average molecular weight is 398 g/mol. The smallest absolute Gasteiger partial charge is 0.347 e. The molecule has 2 rings (SSSR count). The number of carboxylic acids is 1. The van der Waals surface area contributed by atoms with E-state index in [-0.39, 0.29) is 28.6 Å². The van der Waals surface area contributed by atoms with E-state index in [1.807, 2.05) is 20.8 Å². The Kier molecular flexibility index (Phi) is 6.07. The van der Waals surface area contributed by atoms with Crippen molar-refractivity contribution in [2.75, 3.05) is 0 Å². The molecule has 0 unspecified atom stereocenters.